The van der Waals surface area contributed by atoms with E-state index in [-0.39, 0.29) is 28.3 Å². The normalized spacial score (nSPS) is 12.0. The highest BCUT2D eigenvalue weighted by atomic mass is 32.2. The van der Waals surface area contributed by atoms with Crippen LogP contribution >= 0.6 is 0 Å². The van der Waals surface area contributed by atoms with E-state index in [2.05, 4.69) is 25.1 Å². The molecule has 0 fully saturated rings. The molecule has 2 heterocycles. The van der Waals surface area contributed by atoms with Crippen molar-refractivity contribution in [1.82, 2.24) is 19.7 Å². The Hall–Kier alpha value is -4.27. The molecule has 180 valence electrons. The SMILES string of the molecule is CCC(C(=O)Nc1ccc(S(=O)(=O)Nc2cc(OC)nc(OC)n2)cc1)n1cc([N+](=O)[O-])cn1. The van der Waals surface area contributed by atoms with Gasteiger partial charge in [-0.2, -0.15) is 15.1 Å². The first kappa shape index (κ1) is 24.4. The van der Waals surface area contributed by atoms with Crippen molar-refractivity contribution in [3.05, 3.63) is 52.8 Å². The maximum Gasteiger partial charge on any atom is 0.321 e. The molecule has 1 amide bonds. The van der Waals surface area contributed by atoms with Crippen LogP contribution in [0, 0.1) is 10.1 Å². The average Bonchev–Trinajstić information content (AvgIpc) is 3.29. The Balaban J connectivity index is 1.73. The van der Waals surface area contributed by atoms with Crippen LogP contribution in [0.2, 0.25) is 0 Å². The zero-order chi connectivity index (χ0) is 24.9. The summed E-state index contributed by atoms with van der Waals surface area (Å²) in [6.45, 7) is 1.73. The number of ether oxygens (including phenoxy) is 2. The van der Waals surface area contributed by atoms with Crippen molar-refractivity contribution in [2.24, 2.45) is 0 Å². The fraction of sp³-hybridized carbons (Fsp3) is 0.263. The number of nitrogens with zero attached hydrogens (tertiary/aromatic N) is 5. The molecule has 3 rings (SSSR count). The van der Waals surface area contributed by atoms with Crippen LogP contribution in [0.1, 0.15) is 19.4 Å². The molecule has 0 aliphatic rings. The average molecular weight is 491 g/mol. The molecule has 1 aromatic carbocycles. The molecule has 34 heavy (non-hydrogen) atoms. The van der Waals surface area contributed by atoms with E-state index in [1.165, 1.54) is 55.4 Å². The summed E-state index contributed by atoms with van der Waals surface area (Å²) in [5.41, 5.74) is 0.0988. The maximum atomic E-state index is 12.7. The van der Waals surface area contributed by atoms with Gasteiger partial charge in [0.05, 0.1) is 24.0 Å². The van der Waals surface area contributed by atoms with E-state index in [1.54, 1.807) is 6.92 Å². The van der Waals surface area contributed by atoms with E-state index >= 15 is 0 Å². The fourth-order valence-corrected chi connectivity index (χ4v) is 3.87. The summed E-state index contributed by atoms with van der Waals surface area (Å²) in [5, 5.41) is 17.4. The summed E-state index contributed by atoms with van der Waals surface area (Å²) in [4.78, 5) is 30.6. The molecular weight excluding hydrogens is 470 g/mol. The van der Waals surface area contributed by atoms with Gasteiger partial charge in [0.2, 0.25) is 11.8 Å². The highest BCUT2D eigenvalue weighted by Crippen LogP contribution is 2.23. The third-order valence-corrected chi connectivity index (χ3v) is 5.92. The van der Waals surface area contributed by atoms with E-state index in [0.717, 1.165) is 6.20 Å². The van der Waals surface area contributed by atoms with Gasteiger partial charge in [-0.05, 0) is 30.7 Å². The Morgan fingerprint density at radius 2 is 1.91 bits per heavy atom. The number of sulfonamides is 1. The third kappa shape index (κ3) is 5.55. The third-order valence-electron chi connectivity index (χ3n) is 4.55. The van der Waals surface area contributed by atoms with Gasteiger partial charge in [0.1, 0.15) is 18.4 Å². The second-order valence-electron chi connectivity index (χ2n) is 6.76. The molecule has 0 radical (unpaired) electrons. The molecule has 14 nitrogen and oxygen atoms in total. The number of carbonyl (C=O) groups excluding carboxylic acids is 1. The first-order valence-corrected chi connectivity index (χ1v) is 11.2. The Morgan fingerprint density at radius 3 is 2.47 bits per heavy atom. The summed E-state index contributed by atoms with van der Waals surface area (Å²) in [6.07, 6.45) is 2.56. The molecule has 1 unspecified atom stereocenters. The molecule has 3 aromatic rings. The van der Waals surface area contributed by atoms with Crippen molar-refractivity contribution >= 4 is 33.1 Å². The summed E-state index contributed by atoms with van der Waals surface area (Å²) >= 11 is 0. The van der Waals surface area contributed by atoms with Crippen LogP contribution in [0.4, 0.5) is 17.2 Å². The smallest absolute Gasteiger partial charge is 0.321 e. The van der Waals surface area contributed by atoms with Crippen molar-refractivity contribution in [2.75, 3.05) is 24.3 Å². The van der Waals surface area contributed by atoms with Crippen molar-refractivity contribution < 1.29 is 27.6 Å². The molecule has 0 saturated carbocycles. The second-order valence-corrected chi connectivity index (χ2v) is 8.44. The largest absolute Gasteiger partial charge is 0.481 e. The van der Waals surface area contributed by atoms with E-state index < -0.39 is 26.9 Å². The minimum atomic E-state index is -4.02. The van der Waals surface area contributed by atoms with Crippen LogP contribution in [0.3, 0.4) is 0 Å². The molecule has 0 aliphatic carbocycles. The lowest BCUT2D eigenvalue weighted by molar-refractivity contribution is -0.385. The molecule has 2 aromatic heterocycles. The number of hydrogen-bond acceptors (Lipinski definition) is 10. The summed E-state index contributed by atoms with van der Waals surface area (Å²) in [5.74, 6) is -0.412. The predicted molar refractivity (Wildman–Crippen MR) is 119 cm³/mol. The maximum absolute atomic E-state index is 12.7. The molecule has 2 N–H and O–H groups in total. The standard InChI is InChI=1S/C19H21N7O7S/c1-4-15(25-11-13(10-20-25)26(28)29)18(27)21-12-5-7-14(8-6-12)34(30,31)24-16-9-17(32-2)23-19(22-16)33-3/h5-11,15H,4H2,1-3H3,(H,21,27)(H,22,23,24). The van der Waals surface area contributed by atoms with Gasteiger partial charge < -0.3 is 14.8 Å². The van der Waals surface area contributed by atoms with E-state index in [0.29, 0.717) is 12.1 Å². The van der Waals surface area contributed by atoms with Gasteiger partial charge in [-0.15, -0.1) is 0 Å². The van der Waals surface area contributed by atoms with Gasteiger partial charge in [-0.1, -0.05) is 6.92 Å². The van der Waals surface area contributed by atoms with Crippen LogP contribution in [-0.2, 0) is 14.8 Å². The number of carbonyl (C=O) groups is 1. The van der Waals surface area contributed by atoms with E-state index in [9.17, 15) is 23.3 Å². The number of benzene rings is 1. The zero-order valence-electron chi connectivity index (χ0n) is 18.3. The molecule has 0 aliphatic heterocycles. The Labute approximate surface area is 194 Å². The number of hydrogen-bond donors (Lipinski definition) is 2. The van der Waals surface area contributed by atoms with E-state index in [4.69, 9.17) is 9.47 Å². The summed E-state index contributed by atoms with van der Waals surface area (Å²) in [6, 6.07) is 5.84. The number of aromatic nitrogens is 4. The van der Waals surface area contributed by atoms with Crippen LogP contribution in [0.25, 0.3) is 0 Å². The number of nitro groups is 1. The first-order valence-electron chi connectivity index (χ1n) is 9.76. The Kier molecular flexibility index (Phi) is 7.25. The highest BCUT2D eigenvalue weighted by molar-refractivity contribution is 7.92. The Bertz CT molecular complexity index is 1270. The number of nitrogens with one attached hydrogen (secondary N) is 2. The molecular formula is C19H21N7O7S. The summed E-state index contributed by atoms with van der Waals surface area (Å²) in [7, 11) is -1.32. The van der Waals surface area contributed by atoms with Crippen LogP contribution in [0.15, 0.2) is 47.6 Å². The van der Waals surface area contributed by atoms with Crippen LogP contribution in [0.5, 0.6) is 11.9 Å². The topological polar surface area (TPSA) is 180 Å². The molecule has 1 atom stereocenters. The first-order chi connectivity index (χ1) is 16.2. The van der Waals surface area contributed by atoms with Crippen molar-refractivity contribution in [3.63, 3.8) is 0 Å². The minimum Gasteiger partial charge on any atom is -0.481 e. The number of methoxy groups -OCH3 is 2. The molecule has 0 bridgehead atoms. The zero-order valence-corrected chi connectivity index (χ0v) is 19.1. The van der Waals surface area contributed by atoms with Gasteiger partial charge in [-0.3, -0.25) is 24.3 Å². The van der Waals surface area contributed by atoms with Crippen LogP contribution in [-0.4, -0.2) is 53.2 Å². The number of rotatable bonds is 10. The molecule has 0 saturated heterocycles. The van der Waals surface area contributed by atoms with E-state index in [1.807, 2.05) is 0 Å². The lowest BCUT2D eigenvalue weighted by atomic mass is 10.2. The van der Waals surface area contributed by atoms with Gasteiger partial charge in [0.15, 0.2) is 5.82 Å². The van der Waals surface area contributed by atoms with Crippen molar-refractivity contribution in [2.45, 2.75) is 24.3 Å². The summed E-state index contributed by atoms with van der Waals surface area (Å²) < 4.78 is 38.9. The minimum absolute atomic E-state index is 0.0554. The quantitative estimate of drug-likeness (QED) is 0.314. The van der Waals surface area contributed by atoms with Gasteiger partial charge in [0, 0.05) is 11.8 Å². The number of anilines is 2. The van der Waals surface area contributed by atoms with Gasteiger partial charge in [-0.25, -0.2) is 8.42 Å². The lowest BCUT2D eigenvalue weighted by Gasteiger charge is -2.15. The fourth-order valence-electron chi connectivity index (χ4n) is 2.88. The van der Waals surface area contributed by atoms with Gasteiger partial charge >= 0.3 is 11.7 Å². The highest BCUT2D eigenvalue weighted by Gasteiger charge is 2.23. The van der Waals surface area contributed by atoms with Gasteiger partial charge in [0.25, 0.3) is 10.0 Å². The predicted octanol–water partition coefficient (Wildman–Crippen LogP) is 1.99. The Morgan fingerprint density at radius 1 is 1.21 bits per heavy atom. The monoisotopic (exact) mass is 491 g/mol. The second kappa shape index (κ2) is 10.1. The van der Waals surface area contributed by atoms with Crippen LogP contribution < -0.4 is 19.5 Å². The lowest BCUT2D eigenvalue weighted by Crippen LogP contribution is -2.26. The molecule has 0 spiro atoms. The number of amides is 1. The van der Waals surface area contributed by atoms with Crippen molar-refractivity contribution in [3.8, 4) is 11.9 Å². The van der Waals surface area contributed by atoms with Crippen molar-refractivity contribution in [1.29, 1.82) is 0 Å². The molecule has 15 heteroatoms.